The average Bonchev–Trinajstić information content (AvgIpc) is 2.64. The molecule has 6 heteroatoms. The summed E-state index contributed by atoms with van der Waals surface area (Å²) in [6, 6.07) is 19.4. The highest BCUT2D eigenvalue weighted by atomic mass is 35.5. The molecule has 3 aromatic rings. The van der Waals surface area contributed by atoms with E-state index in [1.54, 1.807) is 6.07 Å². The van der Waals surface area contributed by atoms with E-state index < -0.39 is 21.4 Å². The van der Waals surface area contributed by atoms with Gasteiger partial charge in [-0.2, -0.15) is 5.26 Å². The molecule has 0 bridgehead atoms. The van der Waals surface area contributed by atoms with Gasteiger partial charge in [-0.15, -0.1) is 0 Å². The second-order valence-corrected chi connectivity index (χ2v) is 8.08. The van der Waals surface area contributed by atoms with Gasteiger partial charge in [0.2, 0.25) is 0 Å². The standard InChI is InChI=1S/C20H13ClFNO2S/c21-19-8-7-18(11-16(19)12-23)26(24,25)13-17-10-15(6-9-20(17)22)14-4-2-1-3-5-14/h1-11H,13H2. The first-order valence-corrected chi connectivity index (χ1v) is 9.70. The Hall–Kier alpha value is -2.68. The third-order valence-corrected chi connectivity index (χ3v) is 5.91. The van der Waals surface area contributed by atoms with Crippen molar-refractivity contribution in [3.63, 3.8) is 0 Å². The third-order valence-electron chi connectivity index (χ3n) is 3.92. The number of sulfone groups is 1. The van der Waals surface area contributed by atoms with Crippen molar-refractivity contribution < 1.29 is 12.8 Å². The lowest BCUT2D eigenvalue weighted by Gasteiger charge is -2.09. The molecule has 0 aliphatic heterocycles. The van der Waals surface area contributed by atoms with Crippen LogP contribution in [0, 0.1) is 17.1 Å². The summed E-state index contributed by atoms with van der Waals surface area (Å²) in [7, 11) is -3.83. The van der Waals surface area contributed by atoms with Crippen LogP contribution in [0.3, 0.4) is 0 Å². The van der Waals surface area contributed by atoms with Crippen molar-refractivity contribution in [2.75, 3.05) is 0 Å². The molecule has 3 nitrogen and oxygen atoms in total. The van der Waals surface area contributed by atoms with Gasteiger partial charge in [0.05, 0.1) is 21.2 Å². The SMILES string of the molecule is N#Cc1cc(S(=O)(=O)Cc2cc(-c3ccccc3)ccc2F)ccc1Cl. The van der Waals surface area contributed by atoms with E-state index in [0.29, 0.717) is 0 Å². The Morgan fingerprint density at radius 3 is 2.38 bits per heavy atom. The fourth-order valence-corrected chi connectivity index (χ4v) is 4.10. The van der Waals surface area contributed by atoms with Crippen molar-refractivity contribution in [1.82, 2.24) is 0 Å². The van der Waals surface area contributed by atoms with Crippen LogP contribution >= 0.6 is 11.6 Å². The maximum absolute atomic E-state index is 14.2. The Morgan fingerprint density at radius 2 is 1.69 bits per heavy atom. The van der Waals surface area contributed by atoms with Gasteiger partial charge in [0.25, 0.3) is 0 Å². The second-order valence-electron chi connectivity index (χ2n) is 5.68. The molecule has 0 fully saturated rings. The van der Waals surface area contributed by atoms with E-state index in [9.17, 15) is 12.8 Å². The number of nitriles is 1. The number of halogens is 2. The molecule has 26 heavy (non-hydrogen) atoms. The highest BCUT2D eigenvalue weighted by Crippen LogP contribution is 2.26. The van der Waals surface area contributed by atoms with E-state index in [1.165, 1.54) is 30.3 Å². The van der Waals surface area contributed by atoms with Gasteiger partial charge in [-0.1, -0.05) is 48.0 Å². The second kappa shape index (κ2) is 7.28. The Bertz CT molecular complexity index is 1110. The predicted molar refractivity (Wildman–Crippen MR) is 98.9 cm³/mol. The van der Waals surface area contributed by atoms with Crippen LogP contribution in [0.1, 0.15) is 11.1 Å². The van der Waals surface area contributed by atoms with Crippen LogP contribution in [0.25, 0.3) is 11.1 Å². The molecule has 0 unspecified atom stereocenters. The maximum Gasteiger partial charge on any atom is 0.182 e. The summed E-state index contributed by atoms with van der Waals surface area (Å²) < 4.78 is 39.5. The van der Waals surface area contributed by atoms with Crippen molar-refractivity contribution in [3.8, 4) is 17.2 Å². The van der Waals surface area contributed by atoms with Gasteiger partial charge in [0, 0.05) is 5.56 Å². The molecule has 0 spiro atoms. The summed E-state index contributed by atoms with van der Waals surface area (Å²) >= 11 is 5.84. The first-order chi connectivity index (χ1) is 12.4. The topological polar surface area (TPSA) is 57.9 Å². The lowest BCUT2D eigenvalue weighted by molar-refractivity contribution is 0.587. The zero-order chi connectivity index (χ0) is 18.7. The predicted octanol–water partition coefficient (Wildman–Crippen LogP) is 4.99. The lowest BCUT2D eigenvalue weighted by atomic mass is 10.0. The molecular formula is C20H13ClFNO2S. The Kier molecular flexibility index (Phi) is 5.08. The smallest absolute Gasteiger partial charge is 0.182 e. The molecule has 0 atom stereocenters. The molecular weight excluding hydrogens is 373 g/mol. The Balaban J connectivity index is 1.99. The van der Waals surface area contributed by atoms with Crippen molar-refractivity contribution in [1.29, 1.82) is 5.26 Å². The minimum absolute atomic E-state index is 0.0613. The molecule has 0 aliphatic rings. The van der Waals surface area contributed by atoms with Crippen LogP contribution in [0.5, 0.6) is 0 Å². The molecule has 0 saturated heterocycles. The molecule has 0 aliphatic carbocycles. The van der Waals surface area contributed by atoms with Gasteiger partial charge >= 0.3 is 0 Å². The zero-order valence-electron chi connectivity index (χ0n) is 13.5. The van der Waals surface area contributed by atoms with Crippen LogP contribution in [0.2, 0.25) is 5.02 Å². The van der Waals surface area contributed by atoms with Crippen LogP contribution in [0.4, 0.5) is 4.39 Å². The fraction of sp³-hybridized carbons (Fsp3) is 0.0500. The molecule has 0 N–H and O–H groups in total. The molecule has 0 heterocycles. The maximum atomic E-state index is 14.2. The minimum atomic E-state index is -3.83. The van der Waals surface area contributed by atoms with Gasteiger partial charge in [-0.25, -0.2) is 12.8 Å². The molecule has 0 radical (unpaired) electrons. The van der Waals surface area contributed by atoms with E-state index in [2.05, 4.69) is 0 Å². The van der Waals surface area contributed by atoms with E-state index in [-0.39, 0.29) is 21.0 Å². The monoisotopic (exact) mass is 385 g/mol. The summed E-state index contributed by atoms with van der Waals surface area (Å²) in [6.07, 6.45) is 0. The summed E-state index contributed by atoms with van der Waals surface area (Å²) in [4.78, 5) is -0.0667. The van der Waals surface area contributed by atoms with Crippen LogP contribution in [0.15, 0.2) is 71.6 Å². The molecule has 3 rings (SSSR count). The molecule has 0 saturated carbocycles. The summed E-state index contributed by atoms with van der Waals surface area (Å²) in [5, 5.41) is 9.19. The van der Waals surface area contributed by atoms with E-state index in [1.807, 2.05) is 36.4 Å². The van der Waals surface area contributed by atoms with Gasteiger partial charge in [-0.05, 0) is 41.5 Å². The number of hydrogen-bond acceptors (Lipinski definition) is 3. The number of hydrogen-bond donors (Lipinski definition) is 0. The number of rotatable bonds is 4. The van der Waals surface area contributed by atoms with Crippen molar-refractivity contribution in [2.45, 2.75) is 10.6 Å². The Labute approximate surface area is 156 Å². The average molecular weight is 386 g/mol. The quantitative estimate of drug-likeness (QED) is 0.635. The van der Waals surface area contributed by atoms with Crippen LogP contribution in [-0.4, -0.2) is 8.42 Å². The molecule has 130 valence electrons. The van der Waals surface area contributed by atoms with E-state index in [0.717, 1.165) is 11.1 Å². The normalized spacial score (nSPS) is 11.1. The first-order valence-electron chi connectivity index (χ1n) is 7.67. The zero-order valence-corrected chi connectivity index (χ0v) is 15.1. The van der Waals surface area contributed by atoms with Gasteiger partial charge in [-0.3, -0.25) is 0 Å². The number of benzene rings is 3. The summed E-state index contributed by atoms with van der Waals surface area (Å²) in [5.41, 5.74) is 1.72. The lowest BCUT2D eigenvalue weighted by Crippen LogP contribution is -2.07. The highest BCUT2D eigenvalue weighted by molar-refractivity contribution is 7.90. The van der Waals surface area contributed by atoms with E-state index in [4.69, 9.17) is 16.9 Å². The van der Waals surface area contributed by atoms with Crippen LogP contribution < -0.4 is 0 Å². The first kappa shape index (κ1) is 18.1. The highest BCUT2D eigenvalue weighted by Gasteiger charge is 2.19. The van der Waals surface area contributed by atoms with Crippen molar-refractivity contribution in [2.24, 2.45) is 0 Å². The summed E-state index contributed by atoms with van der Waals surface area (Å²) in [5.74, 6) is -1.10. The molecule has 0 amide bonds. The fourth-order valence-electron chi connectivity index (χ4n) is 2.57. The minimum Gasteiger partial charge on any atom is -0.223 e. The van der Waals surface area contributed by atoms with Gasteiger partial charge in [0.1, 0.15) is 11.9 Å². The van der Waals surface area contributed by atoms with Crippen molar-refractivity contribution in [3.05, 3.63) is 88.7 Å². The largest absolute Gasteiger partial charge is 0.223 e. The number of nitrogens with zero attached hydrogens (tertiary/aromatic N) is 1. The Morgan fingerprint density at radius 1 is 0.962 bits per heavy atom. The third kappa shape index (κ3) is 3.77. The van der Waals surface area contributed by atoms with Gasteiger partial charge in [0.15, 0.2) is 9.84 Å². The molecule has 3 aromatic carbocycles. The van der Waals surface area contributed by atoms with Crippen molar-refractivity contribution >= 4 is 21.4 Å². The van der Waals surface area contributed by atoms with Gasteiger partial charge < -0.3 is 0 Å². The van der Waals surface area contributed by atoms with Crippen LogP contribution in [-0.2, 0) is 15.6 Å². The summed E-state index contributed by atoms with van der Waals surface area (Å²) in [6.45, 7) is 0. The van der Waals surface area contributed by atoms with E-state index >= 15 is 0 Å². The molecule has 0 aromatic heterocycles.